The van der Waals surface area contributed by atoms with E-state index in [-0.39, 0.29) is 11.4 Å². The van der Waals surface area contributed by atoms with Gasteiger partial charge in [0.05, 0.1) is 12.0 Å². The van der Waals surface area contributed by atoms with Gasteiger partial charge in [0.25, 0.3) is 0 Å². The SMILES string of the molecule is CCOC(=O)C1(CC)CC=CC1. The van der Waals surface area contributed by atoms with Crippen LogP contribution in [0.3, 0.4) is 0 Å². The second kappa shape index (κ2) is 3.74. The van der Waals surface area contributed by atoms with Gasteiger partial charge in [-0.05, 0) is 26.2 Å². The molecule has 12 heavy (non-hydrogen) atoms. The quantitative estimate of drug-likeness (QED) is 0.477. The van der Waals surface area contributed by atoms with Crippen molar-refractivity contribution in [2.45, 2.75) is 33.1 Å². The van der Waals surface area contributed by atoms with E-state index in [1.54, 1.807) is 0 Å². The first-order chi connectivity index (χ1) is 5.75. The van der Waals surface area contributed by atoms with E-state index in [0.717, 1.165) is 19.3 Å². The molecule has 0 saturated carbocycles. The van der Waals surface area contributed by atoms with Crippen LogP contribution in [-0.4, -0.2) is 12.6 Å². The maximum atomic E-state index is 11.5. The molecular weight excluding hydrogens is 152 g/mol. The van der Waals surface area contributed by atoms with E-state index >= 15 is 0 Å². The summed E-state index contributed by atoms with van der Waals surface area (Å²) in [5.41, 5.74) is -0.226. The second-order valence-corrected chi connectivity index (χ2v) is 3.23. The Morgan fingerprint density at radius 3 is 2.42 bits per heavy atom. The zero-order valence-corrected chi connectivity index (χ0v) is 7.80. The Kier molecular flexibility index (Phi) is 2.90. The molecule has 1 aliphatic carbocycles. The predicted octanol–water partition coefficient (Wildman–Crippen LogP) is 2.30. The van der Waals surface area contributed by atoms with Gasteiger partial charge in [0.2, 0.25) is 0 Å². The monoisotopic (exact) mass is 168 g/mol. The van der Waals surface area contributed by atoms with Crippen molar-refractivity contribution in [3.05, 3.63) is 12.2 Å². The zero-order valence-electron chi connectivity index (χ0n) is 7.80. The van der Waals surface area contributed by atoms with Gasteiger partial charge in [-0.2, -0.15) is 0 Å². The van der Waals surface area contributed by atoms with E-state index in [9.17, 15) is 4.79 Å². The lowest BCUT2D eigenvalue weighted by atomic mass is 9.83. The van der Waals surface area contributed by atoms with Crippen molar-refractivity contribution in [2.75, 3.05) is 6.61 Å². The number of ether oxygens (including phenoxy) is 1. The number of hydrogen-bond acceptors (Lipinski definition) is 2. The van der Waals surface area contributed by atoms with Crippen molar-refractivity contribution < 1.29 is 9.53 Å². The van der Waals surface area contributed by atoms with Crippen LogP contribution in [0.2, 0.25) is 0 Å². The van der Waals surface area contributed by atoms with Crippen LogP contribution in [0.15, 0.2) is 12.2 Å². The Bertz CT molecular complexity index is 186. The average molecular weight is 168 g/mol. The van der Waals surface area contributed by atoms with Gasteiger partial charge < -0.3 is 4.74 Å². The number of allylic oxidation sites excluding steroid dienone is 2. The highest BCUT2D eigenvalue weighted by Crippen LogP contribution is 2.37. The summed E-state index contributed by atoms with van der Waals surface area (Å²) in [6.07, 6.45) is 6.71. The maximum absolute atomic E-state index is 11.5. The molecule has 0 fully saturated rings. The van der Waals surface area contributed by atoms with Gasteiger partial charge in [-0.15, -0.1) is 0 Å². The third-order valence-electron chi connectivity index (χ3n) is 2.57. The number of carbonyl (C=O) groups is 1. The van der Waals surface area contributed by atoms with Gasteiger partial charge in [-0.25, -0.2) is 0 Å². The molecule has 1 rings (SSSR count). The first kappa shape index (κ1) is 9.30. The number of rotatable bonds is 3. The molecule has 0 N–H and O–H groups in total. The molecule has 0 spiro atoms. The minimum Gasteiger partial charge on any atom is -0.466 e. The van der Waals surface area contributed by atoms with Crippen LogP contribution >= 0.6 is 0 Å². The number of hydrogen-bond donors (Lipinski definition) is 0. The molecule has 2 heteroatoms. The molecule has 0 aliphatic heterocycles. The molecule has 68 valence electrons. The summed E-state index contributed by atoms with van der Waals surface area (Å²) < 4.78 is 5.04. The van der Waals surface area contributed by atoms with Gasteiger partial charge >= 0.3 is 5.97 Å². The Labute approximate surface area is 73.6 Å². The molecule has 0 aromatic rings. The zero-order chi connectivity index (χ0) is 9.03. The summed E-state index contributed by atoms with van der Waals surface area (Å²) >= 11 is 0. The molecule has 1 aliphatic rings. The lowest BCUT2D eigenvalue weighted by Gasteiger charge is -2.24. The van der Waals surface area contributed by atoms with E-state index in [4.69, 9.17) is 4.74 Å². The third kappa shape index (κ3) is 1.52. The topological polar surface area (TPSA) is 26.3 Å². The van der Waals surface area contributed by atoms with E-state index in [2.05, 4.69) is 12.2 Å². The van der Waals surface area contributed by atoms with Crippen LogP contribution in [-0.2, 0) is 9.53 Å². The summed E-state index contributed by atoms with van der Waals surface area (Å²) in [5.74, 6) is -0.0301. The van der Waals surface area contributed by atoms with Crippen molar-refractivity contribution >= 4 is 5.97 Å². The van der Waals surface area contributed by atoms with Crippen LogP contribution in [0.25, 0.3) is 0 Å². The van der Waals surface area contributed by atoms with Crippen LogP contribution in [0.1, 0.15) is 33.1 Å². The van der Waals surface area contributed by atoms with Crippen molar-refractivity contribution in [1.82, 2.24) is 0 Å². The van der Waals surface area contributed by atoms with E-state index < -0.39 is 0 Å². The lowest BCUT2D eigenvalue weighted by molar-refractivity contribution is -0.155. The van der Waals surface area contributed by atoms with Crippen molar-refractivity contribution in [3.8, 4) is 0 Å². The molecule has 0 aromatic carbocycles. The molecule has 0 radical (unpaired) electrons. The van der Waals surface area contributed by atoms with Crippen molar-refractivity contribution in [2.24, 2.45) is 5.41 Å². The smallest absolute Gasteiger partial charge is 0.312 e. The molecule has 2 nitrogen and oxygen atoms in total. The van der Waals surface area contributed by atoms with Gasteiger partial charge in [0, 0.05) is 0 Å². The average Bonchev–Trinajstić information content (AvgIpc) is 2.54. The van der Waals surface area contributed by atoms with Crippen molar-refractivity contribution in [1.29, 1.82) is 0 Å². The largest absolute Gasteiger partial charge is 0.466 e. The number of carbonyl (C=O) groups excluding carboxylic acids is 1. The normalized spacial score (nSPS) is 19.5. The van der Waals surface area contributed by atoms with Gasteiger partial charge in [0.1, 0.15) is 0 Å². The summed E-state index contributed by atoms with van der Waals surface area (Å²) in [6, 6.07) is 0. The Morgan fingerprint density at radius 1 is 1.42 bits per heavy atom. The molecule has 0 atom stereocenters. The van der Waals surface area contributed by atoms with Gasteiger partial charge in [-0.1, -0.05) is 19.1 Å². The Balaban J connectivity index is 2.61. The highest BCUT2D eigenvalue weighted by molar-refractivity contribution is 5.77. The fourth-order valence-corrected chi connectivity index (χ4v) is 1.59. The van der Waals surface area contributed by atoms with Gasteiger partial charge in [0.15, 0.2) is 0 Å². The molecule has 0 amide bonds. The van der Waals surface area contributed by atoms with Crippen molar-refractivity contribution in [3.63, 3.8) is 0 Å². The Hall–Kier alpha value is -0.790. The first-order valence-electron chi connectivity index (χ1n) is 4.57. The van der Waals surface area contributed by atoms with E-state index in [1.807, 2.05) is 13.8 Å². The minimum atomic E-state index is -0.226. The molecular formula is C10H16O2. The fourth-order valence-electron chi connectivity index (χ4n) is 1.59. The summed E-state index contributed by atoms with van der Waals surface area (Å²) in [7, 11) is 0. The summed E-state index contributed by atoms with van der Waals surface area (Å²) in [5, 5.41) is 0. The van der Waals surface area contributed by atoms with E-state index in [0.29, 0.717) is 6.61 Å². The fraction of sp³-hybridized carbons (Fsp3) is 0.700. The lowest BCUT2D eigenvalue weighted by Crippen LogP contribution is -2.29. The maximum Gasteiger partial charge on any atom is 0.312 e. The number of esters is 1. The van der Waals surface area contributed by atoms with Crippen LogP contribution < -0.4 is 0 Å². The minimum absolute atomic E-state index is 0.0301. The standard InChI is InChI=1S/C10H16O2/c1-3-10(7-5-6-8-10)9(11)12-4-2/h5-6H,3-4,7-8H2,1-2H3. The molecule has 0 unspecified atom stereocenters. The summed E-state index contributed by atoms with van der Waals surface area (Å²) in [4.78, 5) is 11.5. The van der Waals surface area contributed by atoms with Gasteiger partial charge in [-0.3, -0.25) is 4.79 Å². The molecule has 0 aromatic heterocycles. The Morgan fingerprint density at radius 2 is 2.00 bits per heavy atom. The van der Waals surface area contributed by atoms with Crippen LogP contribution in [0.5, 0.6) is 0 Å². The highest BCUT2D eigenvalue weighted by Gasteiger charge is 2.38. The molecule has 0 heterocycles. The predicted molar refractivity (Wildman–Crippen MR) is 47.7 cm³/mol. The van der Waals surface area contributed by atoms with E-state index in [1.165, 1.54) is 0 Å². The molecule has 0 saturated heterocycles. The summed E-state index contributed by atoms with van der Waals surface area (Å²) in [6.45, 7) is 4.38. The third-order valence-corrected chi connectivity index (χ3v) is 2.57. The highest BCUT2D eigenvalue weighted by atomic mass is 16.5. The van der Waals surface area contributed by atoms with Crippen LogP contribution in [0, 0.1) is 5.41 Å². The first-order valence-corrected chi connectivity index (χ1v) is 4.57. The second-order valence-electron chi connectivity index (χ2n) is 3.23. The van der Waals surface area contributed by atoms with Crippen LogP contribution in [0.4, 0.5) is 0 Å². The molecule has 0 bridgehead atoms.